The quantitative estimate of drug-likeness (QED) is 0.450. The second kappa shape index (κ2) is 7.40. The minimum atomic E-state index is 0.309. The zero-order chi connectivity index (χ0) is 18.8. The van der Waals surface area contributed by atoms with Crippen molar-refractivity contribution >= 4 is 0 Å². The first kappa shape index (κ1) is 16.9. The zero-order valence-electron chi connectivity index (χ0n) is 15.6. The first-order chi connectivity index (χ1) is 13.9. The topological polar surface area (TPSA) is 25.8 Å². The monoisotopic (exact) mass is 362 g/mol. The van der Waals surface area contributed by atoms with Crippen molar-refractivity contribution in [3.8, 4) is 0 Å². The van der Waals surface area contributed by atoms with E-state index in [-0.39, 0.29) is 0 Å². The van der Waals surface area contributed by atoms with Gasteiger partial charge in [-0.25, -0.2) is 0 Å². The van der Waals surface area contributed by atoms with Crippen LogP contribution in [0.15, 0.2) is 109 Å². The Morgan fingerprint density at radius 1 is 0.393 bits per heavy atom. The summed E-state index contributed by atoms with van der Waals surface area (Å²) in [6, 6.07) is 34.3. The van der Waals surface area contributed by atoms with Gasteiger partial charge in [0, 0.05) is 47.5 Å². The fraction of sp³-hybridized carbons (Fsp3) is 0.154. The lowest BCUT2D eigenvalue weighted by atomic mass is 9.50. The van der Waals surface area contributed by atoms with Crippen molar-refractivity contribution in [2.45, 2.75) is 23.7 Å². The normalized spacial score (nSPS) is 23.7. The fourth-order valence-corrected chi connectivity index (χ4v) is 4.81. The summed E-state index contributed by atoms with van der Waals surface area (Å²) in [4.78, 5) is 9.51. The smallest absolute Gasteiger partial charge is 0.0447 e. The lowest BCUT2D eigenvalue weighted by molar-refractivity contribution is 0.220. The third-order valence-electron chi connectivity index (χ3n) is 5.98. The maximum Gasteiger partial charge on any atom is 0.0447 e. The molecule has 0 spiro atoms. The van der Waals surface area contributed by atoms with Crippen LogP contribution >= 0.6 is 0 Å². The van der Waals surface area contributed by atoms with Crippen LogP contribution in [-0.4, -0.2) is 9.97 Å². The van der Waals surface area contributed by atoms with Crippen molar-refractivity contribution in [2.75, 3.05) is 0 Å². The third-order valence-corrected chi connectivity index (χ3v) is 5.98. The van der Waals surface area contributed by atoms with Crippen LogP contribution < -0.4 is 0 Å². The van der Waals surface area contributed by atoms with Gasteiger partial charge in [0.1, 0.15) is 0 Å². The molecule has 1 fully saturated rings. The Kier molecular flexibility index (Phi) is 4.46. The Hall–Kier alpha value is -3.26. The van der Waals surface area contributed by atoms with Gasteiger partial charge in [0.15, 0.2) is 0 Å². The first-order valence-corrected chi connectivity index (χ1v) is 9.85. The van der Waals surface area contributed by atoms with Crippen LogP contribution in [0.25, 0.3) is 0 Å². The Balaban J connectivity index is 1.67. The first-order valence-electron chi connectivity index (χ1n) is 9.85. The molecular weight excluding hydrogens is 340 g/mol. The van der Waals surface area contributed by atoms with Gasteiger partial charge in [-0.3, -0.25) is 9.97 Å². The van der Waals surface area contributed by atoms with E-state index in [4.69, 9.17) is 9.97 Å². The standard InChI is InChI=1S/C26H22N2/c1-3-11-19(12-4-1)23-24(20-13-5-2-6-14-20)26(22-16-8-10-18-28-22)25(23)21-15-7-9-17-27-21/h1-18,23-26H/t23-,24-,25+,26+/m0/s1. The van der Waals surface area contributed by atoms with E-state index in [9.17, 15) is 0 Å². The molecule has 0 aliphatic heterocycles. The van der Waals surface area contributed by atoms with E-state index >= 15 is 0 Å². The number of rotatable bonds is 4. The maximum absolute atomic E-state index is 4.75. The maximum atomic E-state index is 4.75. The third kappa shape index (κ3) is 2.91. The van der Waals surface area contributed by atoms with Gasteiger partial charge in [0.2, 0.25) is 0 Å². The van der Waals surface area contributed by atoms with Gasteiger partial charge < -0.3 is 0 Å². The van der Waals surface area contributed by atoms with Crippen LogP contribution in [0.5, 0.6) is 0 Å². The number of nitrogens with zero attached hydrogens (tertiary/aromatic N) is 2. The van der Waals surface area contributed by atoms with Crippen LogP contribution in [0.3, 0.4) is 0 Å². The summed E-state index contributed by atoms with van der Waals surface area (Å²) in [5.41, 5.74) is 5.05. The minimum absolute atomic E-state index is 0.309. The molecule has 4 aromatic rings. The highest BCUT2D eigenvalue weighted by molar-refractivity contribution is 5.45. The molecule has 2 aromatic heterocycles. The van der Waals surface area contributed by atoms with Gasteiger partial charge in [-0.2, -0.15) is 0 Å². The van der Waals surface area contributed by atoms with Crippen molar-refractivity contribution in [1.29, 1.82) is 0 Å². The van der Waals surface area contributed by atoms with Crippen LogP contribution in [0.1, 0.15) is 46.2 Å². The van der Waals surface area contributed by atoms with E-state index in [0.29, 0.717) is 23.7 Å². The van der Waals surface area contributed by atoms with E-state index in [1.807, 2.05) is 24.5 Å². The summed E-state index contributed by atoms with van der Waals surface area (Å²) >= 11 is 0. The average Bonchev–Trinajstić information content (AvgIpc) is 2.76. The number of hydrogen-bond acceptors (Lipinski definition) is 2. The molecule has 2 nitrogen and oxygen atoms in total. The summed E-state index contributed by atoms with van der Waals surface area (Å²) in [5, 5.41) is 0. The average molecular weight is 362 g/mol. The van der Waals surface area contributed by atoms with Gasteiger partial charge in [-0.05, 0) is 35.4 Å². The molecule has 0 bridgehead atoms. The van der Waals surface area contributed by atoms with E-state index in [0.717, 1.165) is 11.4 Å². The van der Waals surface area contributed by atoms with Crippen molar-refractivity contribution in [3.05, 3.63) is 132 Å². The molecule has 0 N–H and O–H groups in total. The van der Waals surface area contributed by atoms with E-state index in [1.54, 1.807) is 0 Å². The van der Waals surface area contributed by atoms with Crippen molar-refractivity contribution in [3.63, 3.8) is 0 Å². The number of pyridine rings is 2. The molecule has 28 heavy (non-hydrogen) atoms. The largest absolute Gasteiger partial charge is 0.261 e. The van der Waals surface area contributed by atoms with Crippen LogP contribution in [0, 0.1) is 0 Å². The highest BCUT2D eigenvalue weighted by Gasteiger charge is 2.53. The molecule has 136 valence electrons. The lowest BCUT2D eigenvalue weighted by Gasteiger charge is -2.52. The Labute approximate surface area is 165 Å². The molecule has 2 aromatic carbocycles. The highest BCUT2D eigenvalue weighted by atomic mass is 14.8. The van der Waals surface area contributed by atoms with Crippen molar-refractivity contribution < 1.29 is 0 Å². The van der Waals surface area contributed by atoms with Crippen LogP contribution in [-0.2, 0) is 0 Å². The molecule has 5 rings (SSSR count). The van der Waals surface area contributed by atoms with E-state index < -0.39 is 0 Å². The van der Waals surface area contributed by atoms with E-state index in [2.05, 4.69) is 84.9 Å². The molecule has 2 heteroatoms. The minimum Gasteiger partial charge on any atom is -0.261 e. The fourth-order valence-electron chi connectivity index (χ4n) is 4.81. The summed E-state index contributed by atoms with van der Waals surface area (Å²) in [7, 11) is 0. The predicted octanol–water partition coefficient (Wildman–Crippen LogP) is 5.93. The molecule has 0 saturated heterocycles. The molecule has 4 atom stereocenters. The Morgan fingerprint density at radius 2 is 0.786 bits per heavy atom. The Bertz CT molecular complexity index is 835. The lowest BCUT2D eigenvalue weighted by Crippen LogP contribution is -2.40. The summed E-state index contributed by atoms with van der Waals surface area (Å²) in [5.74, 6) is 1.38. The highest BCUT2D eigenvalue weighted by Crippen LogP contribution is 2.65. The molecule has 1 saturated carbocycles. The molecule has 1 aliphatic rings. The zero-order valence-corrected chi connectivity index (χ0v) is 15.6. The SMILES string of the molecule is c1ccc([C@H]2[C@H](c3ccccc3)[C@@H](c3ccccn3)[C@@H]2c2ccccn2)cc1. The van der Waals surface area contributed by atoms with Gasteiger partial charge >= 0.3 is 0 Å². The second-order valence-corrected chi connectivity index (χ2v) is 7.43. The van der Waals surface area contributed by atoms with Gasteiger partial charge in [-0.15, -0.1) is 0 Å². The van der Waals surface area contributed by atoms with Gasteiger partial charge in [0.25, 0.3) is 0 Å². The van der Waals surface area contributed by atoms with Gasteiger partial charge in [-0.1, -0.05) is 72.8 Å². The predicted molar refractivity (Wildman–Crippen MR) is 112 cm³/mol. The Morgan fingerprint density at radius 3 is 1.14 bits per heavy atom. The molecule has 1 aliphatic carbocycles. The molecule has 0 unspecified atom stereocenters. The van der Waals surface area contributed by atoms with Crippen molar-refractivity contribution in [1.82, 2.24) is 9.97 Å². The van der Waals surface area contributed by atoms with Crippen LogP contribution in [0.2, 0.25) is 0 Å². The van der Waals surface area contributed by atoms with Crippen LogP contribution in [0.4, 0.5) is 0 Å². The summed E-state index contributed by atoms with van der Waals surface area (Å²) in [6.07, 6.45) is 3.81. The number of benzene rings is 2. The molecule has 2 heterocycles. The number of aromatic nitrogens is 2. The van der Waals surface area contributed by atoms with Crippen molar-refractivity contribution in [2.24, 2.45) is 0 Å². The molecule has 0 radical (unpaired) electrons. The molecule has 0 amide bonds. The number of hydrogen-bond donors (Lipinski definition) is 0. The summed E-state index contributed by atoms with van der Waals surface area (Å²) in [6.45, 7) is 0. The molecular formula is C26H22N2. The second-order valence-electron chi connectivity index (χ2n) is 7.43. The summed E-state index contributed by atoms with van der Waals surface area (Å²) < 4.78 is 0. The van der Waals surface area contributed by atoms with E-state index in [1.165, 1.54) is 11.1 Å². The van der Waals surface area contributed by atoms with Gasteiger partial charge in [0.05, 0.1) is 0 Å².